The monoisotopic (exact) mass is 292 g/mol. The summed E-state index contributed by atoms with van der Waals surface area (Å²) in [5, 5.41) is 5.15. The van der Waals surface area contributed by atoms with Crippen LogP contribution < -0.4 is 10.6 Å². The second-order valence-corrected chi connectivity index (χ2v) is 4.26. The number of carbonyl (C=O) groups excluding carboxylic acids is 1. The molecule has 0 aliphatic rings. The molecule has 0 saturated carbocycles. The molecular formula is C14H14F2N4O. The molecule has 0 aliphatic heterocycles. The number of rotatable bonds is 5. The quantitative estimate of drug-likeness (QED) is 0.889. The van der Waals surface area contributed by atoms with E-state index >= 15 is 0 Å². The second kappa shape index (κ2) is 6.74. The van der Waals surface area contributed by atoms with Gasteiger partial charge >= 0.3 is 0 Å². The van der Waals surface area contributed by atoms with Gasteiger partial charge in [-0.25, -0.2) is 18.7 Å². The molecule has 21 heavy (non-hydrogen) atoms. The summed E-state index contributed by atoms with van der Waals surface area (Å²) < 4.78 is 26.9. The minimum absolute atomic E-state index is 0.0281. The molecule has 0 atom stereocenters. The third-order valence-corrected chi connectivity index (χ3v) is 2.64. The van der Waals surface area contributed by atoms with Gasteiger partial charge in [0.2, 0.25) is 0 Å². The molecule has 0 unspecified atom stereocenters. The minimum atomic E-state index is -0.849. The summed E-state index contributed by atoms with van der Waals surface area (Å²) in [5.41, 5.74) is -0.530. The standard InChI is InChI=1S/C14H14F2N4O/c1-2-6-17-12-8-18-11(7-19-12)14(21)20-13-9(15)4-3-5-10(13)16/h3-5,7-8H,2,6H2,1H3,(H,17,19)(H,20,21). The number of carbonyl (C=O) groups is 1. The van der Waals surface area contributed by atoms with Gasteiger partial charge in [-0.3, -0.25) is 4.79 Å². The van der Waals surface area contributed by atoms with Gasteiger partial charge in [-0.2, -0.15) is 0 Å². The van der Waals surface area contributed by atoms with Gasteiger partial charge in [0, 0.05) is 6.54 Å². The third-order valence-electron chi connectivity index (χ3n) is 2.64. The Morgan fingerprint density at radius 3 is 2.48 bits per heavy atom. The Morgan fingerprint density at radius 1 is 1.19 bits per heavy atom. The second-order valence-electron chi connectivity index (χ2n) is 4.26. The molecule has 1 aromatic heterocycles. The van der Waals surface area contributed by atoms with Crippen LogP contribution in [0.5, 0.6) is 0 Å². The zero-order valence-corrected chi connectivity index (χ0v) is 11.4. The molecule has 0 saturated heterocycles. The molecule has 1 amide bonds. The van der Waals surface area contributed by atoms with Crippen LogP contribution in [0.2, 0.25) is 0 Å². The fourth-order valence-electron chi connectivity index (χ4n) is 1.58. The van der Waals surface area contributed by atoms with Crippen molar-refractivity contribution >= 4 is 17.4 Å². The zero-order chi connectivity index (χ0) is 15.2. The number of anilines is 2. The molecule has 0 radical (unpaired) electrons. The van der Waals surface area contributed by atoms with Crippen LogP contribution in [0.1, 0.15) is 23.8 Å². The fourth-order valence-corrected chi connectivity index (χ4v) is 1.58. The molecule has 1 aromatic carbocycles. The normalized spacial score (nSPS) is 10.2. The van der Waals surface area contributed by atoms with Crippen LogP contribution in [0.4, 0.5) is 20.3 Å². The van der Waals surface area contributed by atoms with Gasteiger partial charge in [0.15, 0.2) is 0 Å². The van der Waals surface area contributed by atoms with Crippen molar-refractivity contribution in [3.63, 3.8) is 0 Å². The van der Waals surface area contributed by atoms with Crippen molar-refractivity contribution in [1.82, 2.24) is 9.97 Å². The van der Waals surface area contributed by atoms with Crippen LogP contribution in [0.15, 0.2) is 30.6 Å². The highest BCUT2D eigenvalue weighted by Gasteiger charge is 2.14. The number of para-hydroxylation sites is 1. The highest BCUT2D eigenvalue weighted by molar-refractivity contribution is 6.02. The minimum Gasteiger partial charge on any atom is -0.369 e. The summed E-state index contributed by atoms with van der Waals surface area (Å²) in [6.07, 6.45) is 3.56. The number of aromatic nitrogens is 2. The summed E-state index contributed by atoms with van der Waals surface area (Å²) in [7, 11) is 0. The van der Waals surface area contributed by atoms with Gasteiger partial charge in [0.05, 0.1) is 12.4 Å². The lowest BCUT2D eigenvalue weighted by atomic mass is 10.3. The molecule has 2 N–H and O–H groups in total. The van der Waals surface area contributed by atoms with Crippen molar-refractivity contribution in [3.8, 4) is 0 Å². The van der Waals surface area contributed by atoms with Crippen LogP contribution >= 0.6 is 0 Å². The van der Waals surface area contributed by atoms with Crippen LogP contribution in [0, 0.1) is 11.6 Å². The molecule has 0 fully saturated rings. The first kappa shape index (κ1) is 14.8. The molecule has 2 aromatic rings. The van der Waals surface area contributed by atoms with Crippen LogP contribution in [-0.2, 0) is 0 Å². The van der Waals surface area contributed by atoms with E-state index in [4.69, 9.17) is 0 Å². The fraction of sp³-hybridized carbons (Fsp3) is 0.214. The van der Waals surface area contributed by atoms with Gasteiger partial charge in [-0.15, -0.1) is 0 Å². The number of halogens is 2. The average molecular weight is 292 g/mol. The Bertz CT molecular complexity index is 611. The molecule has 0 aliphatic carbocycles. The summed E-state index contributed by atoms with van der Waals surface area (Å²) in [5.74, 6) is -1.89. The van der Waals surface area contributed by atoms with Crippen molar-refractivity contribution in [2.45, 2.75) is 13.3 Å². The van der Waals surface area contributed by atoms with E-state index in [1.807, 2.05) is 6.92 Å². The number of amides is 1. The predicted octanol–water partition coefficient (Wildman–Crippen LogP) is 2.83. The molecule has 2 rings (SSSR count). The van der Waals surface area contributed by atoms with Crippen LogP contribution in [0.3, 0.4) is 0 Å². The molecular weight excluding hydrogens is 278 g/mol. The number of nitrogens with one attached hydrogen (secondary N) is 2. The van der Waals surface area contributed by atoms with Gasteiger partial charge in [-0.05, 0) is 18.6 Å². The highest BCUT2D eigenvalue weighted by Crippen LogP contribution is 2.18. The molecule has 0 bridgehead atoms. The van der Waals surface area contributed by atoms with E-state index in [0.29, 0.717) is 5.82 Å². The first-order chi connectivity index (χ1) is 10.1. The Morgan fingerprint density at radius 2 is 1.90 bits per heavy atom. The van der Waals surface area contributed by atoms with E-state index in [1.165, 1.54) is 18.5 Å². The average Bonchev–Trinajstić information content (AvgIpc) is 2.49. The van der Waals surface area contributed by atoms with Crippen molar-refractivity contribution in [1.29, 1.82) is 0 Å². The van der Waals surface area contributed by atoms with E-state index in [-0.39, 0.29) is 5.69 Å². The summed E-state index contributed by atoms with van der Waals surface area (Å²) in [6, 6.07) is 3.33. The highest BCUT2D eigenvalue weighted by atomic mass is 19.1. The van der Waals surface area contributed by atoms with E-state index in [0.717, 1.165) is 25.1 Å². The maximum Gasteiger partial charge on any atom is 0.276 e. The summed E-state index contributed by atoms with van der Waals surface area (Å²) >= 11 is 0. The first-order valence-electron chi connectivity index (χ1n) is 6.43. The number of hydrogen-bond donors (Lipinski definition) is 2. The maximum absolute atomic E-state index is 13.4. The van der Waals surface area contributed by atoms with E-state index in [9.17, 15) is 13.6 Å². The lowest BCUT2D eigenvalue weighted by Crippen LogP contribution is -2.16. The van der Waals surface area contributed by atoms with Crippen molar-refractivity contribution in [2.75, 3.05) is 17.2 Å². The van der Waals surface area contributed by atoms with Crippen molar-refractivity contribution < 1.29 is 13.6 Å². The number of benzene rings is 1. The maximum atomic E-state index is 13.4. The van der Waals surface area contributed by atoms with Gasteiger partial charge in [0.25, 0.3) is 5.91 Å². The largest absolute Gasteiger partial charge is 0.369 e. The molecule has 110 valence electrons. The Hall–Kier alpha value is -2.57. The third kappa shape index (κ3) is 3.71. The summed E-state index contributed by atoms with van der Waals surface area (Å²) in [4.78, 5) is 19.8. The van der Waals surface area contributed by atoms with Crippen molar-refractivity contribution in [2.24, 2.45) is 0 Å². The van der Waals surface area contributed by atoms with Crippen LogP contribution in [-0.4, -0.2) is 22.4 Å². The molecule has 1 heterocycles. The number of nitrogens with zero attached hydrogens (tertiary/aromatic N) is 2. The molecule has 5 nitrogen and oxygen atoms in total. The topological polar surface area (TPSA) is 66.9 Å². The van der Waals surface area contributed by atoms with Crippen molar-refractivity contribution in [3.05, 3.63) is 47.9 Å². The van der Waals surface area contributed by atoms with E-state index in [1.54, 1.807) is 0 Å². The lowest BCUT2D eigenvalue weighted by Gasteiger charge is -2.07. The predicted molar refractivity (Wildman–Crippen MR) is 75.1 cm³/mol. The SMILES string of the molecule is CCCNc1cnc(C(=O)Nc2c(F)cccc2F)cn1. The van der Waals surface area contributed by atoms with Crippen LogP contribution in [0.25, 0.3) is 0 Å². The lowest BCUT2D eigenvalue weighted by molar-refractivity contribution is 0.102. The zero-order valence-electron chi connectivity index (χ0n) is 11.4. The van der Waals surface area contributed by atoms with Gasteiger partial charge in [0.1, 0.15) is 28.8 Å². The van der Waals surface area contributed by atoms with E-state index < -0.39 is 23.2 Å². The van der Waals surface area contributed by atoms with E-state index in [2.05, 4.69) is 20.6 Å². The Labute approximate surface area is 120 Å². The molecule has 7 heteroatoms. The first-order valence-corrected chi connectivity index (χ1v) is 6.43. The van der Waals surface area contributed by atoms with Gasteiger partial charge < -0.3 is 10.6 Å². The van der Waals surface area contributed by atoms with Gasteiger partial charge in [-0.1, -0.05) is 13.0 Å². The molecule has 0 spiro atoms. The number of hydrogen-bond acceptors (Lipinski definition) is 4. The Balaban J connectivity index is 2.10. The Kier molecular flexibility index (Phi) is 4.76. The summed E-state index contributed by atoms with van der Waals surface area (Å²) in [6.45, 7) is 2.74. The smallest absolute Gasteiger partial charge is 0.276 e.